The minimum atomic E-state index is -0.273. The molecule has 2 N–H and O–H groups in total. The van der Waals surface area contributed by atoms with Crippen molar-refractivity contribution in [1.82, 2.24) is 14.5 Å². The van der Waals surface area contributed by atoms with E-state index in [0.717, 1.165) is 22.2 Å². The second-order valence-corrected chi connectivity index (χ2v) is 5.31. The molecule has 21 heavy (non-hydrogen) atoms. The second-order valence-electron chi connectivity index (χ2n) is 5.31. The second kappa shape index (κ2) is 4.55. The smallest absolute Gasteiger partial charge is 0.150 e. The Kier molecular flexibility index (Phi) is 2.93. The zero-order chi connectivity index (χ0) is 15.3. The summed E-state index contributed by atoms with van der Waals surface area (Å²) in [6.45, 7) is 7.57. The molecule has 0 aliphatic carbocycles. The van der Waals surface area contributed by atoms with Crippen LogP contribution >= 0.6 is 0 Å². The highest BCUT2D eigenvalue weighted by Gasteiger charge is 2.20. The van der Waals surface area contributed by atoms with Crippen molar-refractivity contribution in [3.63, 3.8) is 0 Å². The SMILES string of the molecule is Cc1nc(N)c2c(C)c(C)n(-c3c(C)cccc3F)c2n1. The average molecular weight is 284 g/mol. The number of aromatic nitrogens is 3. The number of nitrogens with two attached hydrogens (primary N) is 1. The molecule has 1 aromatic carbocycles. The molecule has 0 atom stereocenters. The number of para-hydroxylation sites is 1. The molecule has 0 spiro atoms. The summed E-state index contributed by atoms with van der Waals surface area (Å²) in [5.74, 6) is 0.739. The van der Waals surface area contributed by atoms with Crippen molar-refractivity contribution < 1.29 is 4.39 Å². The van der Waals surface area contributed by atoms with Crippen LogP contribution in [0.4, 0.5) is 10.2 Å². The van der Waals surface area contributed by atoms with E-state index in [1.54, 1.807) is 13.0 Å². The van der Waals surface area contributed by atoms with E-state index >= 15 is 0 Å². The van der Waals surface area contributed by atoms with E-state index in [9.17, 15) is 4.39 Å². The van der Waals surface area contributed by atoms with E-state index in [4.69, 9.17) is 5.73 Å². The Labute approximate surface area is 122 Å². The minimum absolute atomic E-state index is 0.273. The maximum Gasteiger partial charge on any atom is 0.150 e. The van der Waals surface area contributed by atoms with Gasteiger partial charge >= 0.3 is 0 Å². The maximum absolute atomic E-state index is 14.4. The number of anilines is 1. The van der Waals surface area contributed by atoms with Crippen LogP contribution < -0.4 is 5.73 Å². The molecule has 0 amide bonds. The highest BCUT2D eigenvalue weighted by molar-refractivity contribution is 5.92. The van der Waals surface area contributed by atoms with Gasteiger partial charge in [0, 0.05) is 5.69 Å². The van der Waals surface area contributed by atoms with Gasteiger partial charge < -0.3 is 5.73 Å². The molecule has 2 aromatic heterocycles. The van der Waals surface area contributed by atoms with Gasteiger partial charge in [0.1, 0.15) is 17.5 Å². The molecular weight excluding hydrogens is 267 g/mol. The van der Waals surface area contributed by atoms with Crippen molar-refractivity contribution in [2.45, 2.75) is 27.7 Å². The van der Waals surface area contributed by atoms with Gasteiger partial charge in [-0.2, -0.15) is 0 Å². The molecule has 4 nitrogen and oxygen atoms in total. The summed E-state index contributed by atoms with van der Waals surface area (Å²) in [5, 5.41) is 0.792. The molecule has 0 unspecified atom stereocenters. The third-order valence-electron chi connectivity index (χ3n) is 3.91. The first-order valence-corrected chi connectivity index (χ1v) is 6.79. The van der Waals surface area contributed by atoms with Crippen LogP contribution in [0.25, 0.3) is 16.7 Å². The van der Waals surface area contributed by atoms with Crippen LogP contribution in [-0.4, -0.2) is 14.5 Å². The summed E-state index contributed by atoms with van der Waals surface area (Å²) in [6, 6.07) is 5.05. The van der Waals surface area contributed by atoms with E-state index in [1.165, 1.54) is 6.07 Å². The molecule has 0 saturated heterocycles. The van der Waals surface area contributed by atoms with Gasteiger partial charge in [-0.3, -0.25) is 4.57 Å². The number of hydrogen-bond acceptors (Lipinski definition) is 3. The summed E-state index contributed by atoms with van der Waals surface area (Å²) >= 11 is 0. The van der Waals surface area contributed by atoms with Crippen LogP contribution in [0.1, 0.15) is 22.6 Å². The molecular formula is C16H17FN4. The van der Waals surface area contributed by atoms with E-state index in [-0.39, 0.29) is 5.82 Å². The Morgan fingerprint density at radius 3 is 2.48 bits per heavy atom. The highest BCUT2D eigenvalue weighted by atomic mass is 19.1. The zero-order valence-corrected chi connectivity index (χ0v) is 12.5. The number of nitrogen functional groups attached to an aromatic ring is 1. The van der Waals surface area contributed by atoms with Crippen molar-refractivity contribution in [1.29, 1.82) is 0 Å². The summed E-state index contributed by atoms with van der Waals surface area (Å²) in [6.07, 6.45) is 0. The first-order valence-electron chi connectivity index (χ1n) is 6.79. The van der Waals surface area contributed by atoms with Gasteiger partial charge in [-0.15, -0.1) is 0 Å². The quantitative estimate of drug-likeness (QED) is 0.745. The summed E-state index contributed by atoms with van der Waals surface area (Å²) in [7, 11) is 0. The van der Waals surface area contributed by atoms with Gasteiger partial charge in [0.05, 0.1) is 11.1 Å². The minimum Gasteiger partial charge on any atom is -0.383 e. The molecule has 0 aliphatic rings. The fourth-order valence-corrected chi connectivity index (χ4v) is 2.79. The summed E-state index contributed by atoms with van der Waals surface area (Å²) in [5.41, 5.74) is 9.96. The fourth-order valence-electron chi connectivity index (χ4n) is 2.79. The Bertz CT molecular complexity index is 844. The normalized spacial score (nSPS) is 11.3. The summed E-state index contributed by atoms with van der Waals surface area (Å²) in [4.78, 5) is 8.70. The van der Waals surface area contributed by atoms with E-state index in [0.29, 0.717) is 23.0 Å². The Morgan fingerprint density at radius 2 is 1.81 bits per heavy atom. The predicted molar refractivity (Wildman–Crippen MR) is 82.2 cm³/mol. The monoisotopic (exact) mass is 284 g/mol. The zero-order valence-electron chi connectivity index (χ0n) is 12.5. The first kappa shape index (κ1) is 13.5. The van der Waals surface area contributed by atoms with Crippen LogP contribution in [0, 0.1) is 33.5 Å². The lowest BCUT2D eigenvalue weighted by atomic mass is 10.2. The number of halogens is 1. The van der Waals surface area contributed by atoms with E-state index < -0.39 is 0 Å². The molecule has 0 aliphatic heterocycles. The summed E-state index contributed by atoms with van der Waals surface area (Å²) < 4.78 is 16.2. The molecule has 5 heteroatoms. The largest absolute Gasteiger partial charge is 0.383 e. The number of aryl methyl sites for hydroxylation is 3. The first-order chi connectivity index (χ1) is 9.91. The van der Waals surface area contributed by atoms with E-state index in [2.05, 4.69) is 9.97 Å². The molecule has 108 valence electrons. The van der Waals surface area contributed by atoms with Gasteiger partial charge in [0.25, 0.3) is 0 Å². The van der Waals surface area contributed by atoms with Crippen molar-refractivity contribution in [2.24, 2.45) is 0 Å². The molecule has 0 bridgehead atoms. The Hall–Kier alpha value is -2.43. The highest BCUT2D eigenvalue weighted by Crippen LogP contribution is 2.32. The third kappa shape index (κ3) is 1.88. The van der Waals surface area contributed by atoms with Crippen LogP contribution in [0.5, 0.6) is 0 Å². The lowest BCUT2D eigenvalue weighted by molar-refractivity contribution is 0.616. The van der Waals surface area contributed by atoms with Gasteiger partial charge in [-0.25, -0.2) is 14.4 Å². The topological polar surface area (TPSA) is 56.7 Å². The lowest BCUT2D eigenvalue weighted by Gasteiger charge is -2.12. The van der Waals surface area contributed by atoms with Gasteiger partial charge in [-0.1, -0.05) is 12.1 Å². The predicted octanol–water partition coefficient (Wildman–Crippen LogP) is 3.38. The van der Waals surface area contributed by atoms with Crippen molar-refractivity contribution >= 4 is 16.9 Å². The maximum atomic E-state index is 14.4. The lowest BCUT2D eigenvalue weighted by Crippen LogP contribution is -2.05. The number of nitrogens with zero attached hydrogens (tertiary/aromatic N) is 3. The van der Waals surface area contributed by atoms with Gasteiger partial charge in [0.2, 0.25) is 0 Å². The molecule has 0 radical (unpaired) electrons. The Morgan fingerprint density at radius 1 is 1.10 bits per heavy atom. The molecule has 0 saturated carbocycles. The number of fused-ring (bicyclic) bond motifs is 1. The van der Waals surface area contributed by atoms with Crippen LogP contribution in [-0.2, 0) is 0 Å². The van der Waals surface area contributed by atoms with Gasteiger partial charge in [-0.05, 0) is 44.9 Å². The number of rotatable bonds is 1. The number of hydrogen-bond donors (Lipinski definition) is 1. The van der Waals surface area contributed by atoms with Crippen molar-refractivity contribution in [2.75, 3.05) is 5.73 Å². The molecule has 2 heterocycles. The third-order valence-corrected chi connectivity index (χ3v) is 3.91. The molecule has 3 aromatic rings. The fraction of sp³-hybridized carbons (Fsp3) is 0.250. The molecule has 3 rings (SSSR count). The Balaban J connectivity index is 2.52. The van der Waals surface area contributed by atoms with Crippen molar-refractivity contribution in [3.8, 4) is 5.69 Å². The number of benzene rings is 1. The van der Waals surface area contributed by atoms with Crippen LogP contribution in [0.15, 0.2) is 18.2 Å². The van der Waals surface area contributed by atoms with E-state index in [1.807, 2.05) is 31.4 Å². The standard InChI is InChI=1S/C16H17FN4/c1-8-6-5-7-12(17)14(8)21-10(3)9(2)13-15(18)19-11(4)20-16(13)21/h5-7H,1-4H3,(H2,18,19,20). The van der Waals surface area contributed by atoms with Crippen LogP contribution in [0.2, 0.25) is 0 Å². The van der Waals surface area contributed by atoms with Crippen molar-refractivity contribution in [3.05, 3.63) is 46.7 Å². The van der Waals surface area contributed by atoms with Crippen LogP contribution in [0.3, 0.4) is 0 Å². The average Bonchev–Trinajstić information content (AvgIpc) is 2.63. The molecule has 0 fully saturated rings. The van der Waals surface area contributed by atoms with Gasteiger partial charge in [0.15, 0.2) is 5.65 Å².